The number of benzene rings is 2. The van der Waals surface area contributed by atoms with Gasteiger partial charge >= 0.3 is 0 Å². The fourth-order valence-corrected chi connectivity index (χ4v) is 3.83. The molecule has 1 aliphatic rings. The fourth-order valence-electron chi connectivity index (χ4n) is 3.60. The molecule has 30 heavy (non-hydrogen) atoms. The van der Waals surface area contributed by atoms with Crippen molar-refractivity contribution in [3.63, 3.8) is 0 Å². The number of rotatable bonds is 5. The van der Waals surface area contributed by atoms with Crippen LogP contribution >= 0.6 is 11.6 Å². The molecular weight excluding hydrogens is 400 g/mol. The molecule has 156 valence electrons. The highest BCUT2D eigenvalue weighted by Gasteiger charge is 2.21. The number of aromatic nitrogens is 2. The van der Waals surface area contributed by atoms with E-state index in [9.17, 15) is 0 Å². The third-order valence-corrected chi connectivity index (χ3v) is 5.56. The van der Waals surface area contributed by atoms with E-state index in [1.54, 1.807) is 13.4 Å². The van der Waals surface area contributed by atoms with Crippen LogP contribution < -0.4 is 25.6 Å². The number of nitrogens with one attached hydrogen (secondary N) is 1. The Hall–Kier alpha value is -3.19. The number of hydrogen-bond donors (Lipinski definition) is 2. The number of nitrogens with zero attached hydrogens (tertiary/aromatic N) is 4. The van der Waals surface area contributed by atoms with Crippen molar-refractivity contribution in [2.45, 2.75) is 6.92 Å². The molecule has 1 saturated heterocycles. The first-order valence-electron chi connectivity index (χ1n) is 9.83. The molecule has 1 aliphatic heterocycles. The second kappa shape index (κ2) is 8.67. The Morgan fingerprint density at radius 3 is 2.37 bits per heavy atom. The fraction of sp³-hybridized carbons (Fsp3) is 0.273. The minimum Gasteiger partial charge on any atom is -0.497 e. The van der Waals surface area contributed by atoms with Gasteiger partial charge in [0.15, 0.2) is 11.6 Å². The molecule has 3 N–H and O–H groups in total. The van der Waals surface area contributed by atoms with Gasteiger partial charge in [-0.15, -0.1) is 0 Å². The Morgan fingerprint density at radius 2 is 1.70 bits per heavy atom. The van der Waals surface area contributed by atoms with Gasteiger partial charge in [0, 0.05) is 42.6 Å². The molecule has 2 aromatic carbocycles. The highest BCUT2D eigenvalue weighted by atomic mass is 35.5. The Balaban J connectivity index is 1.46. The van der Waals surface area contributed by atoms with Crippen molar-refractivity contribution in [2.75, 3.05) is 54.1 Å². The largest absolute Gasteiger partial charge is 0.497 e. The molecule has 1 fully saturated rings. The van der Waals surface area contributed by atoms with E-state index in [4.69, 9.17) is 22.1 Å². The Morgan fingerprint density at radius 1 is 1.00 bits per heavy atom. The van der Waals surface area contributed by atoms with Crippen LogP contribution in [0.4, 0.5) is 28.7 Å². The molecule has 3 aromatic rings. The van der Waals surface area contributed by atoms with Gasteiger partial charge in [-0.1, -0.05) is 11.6 Å². The molecule has 0 radical (unpaired) electrons. The summed E-state index contributed by atoms with van der Waals surface area (Å²) in [5.74, 6) is 2.22. The summed E-state index contributed by atoms with van der Waals surface area (Å²) < 4.78 is 5.24. The average Bonchev–Trinajstić information content (AvgIpc) is 2.77. The number of methoxy groups -OCH3 is 1. The quantitative estimate of drug-likeness (QED) is 0.638. The normalized spacial score (nSPS) is 14.0. The lowest BCUT2D eigenvalue weighted by Crippen LogP contribution is -2.47. The lowest BCUT2D eigenvalue weighted by atomic mass is 10.2. The number of ether oxygens (including phenoxy) is 1. The SMILES string of the molecule is COc1ccc(N2CCN(c3ncnc(Nc4ccc(Cl)cc4C)c3N)CC2)cc1. The summed E-state index contributed by atoms with van der Waals surface area (Å²) in [6.45, 7) is 5.41. The molecule has 8 heteroatoms. The minimum absolute atomic E-state index is 0.546. The van der Waals surface area contributed by atoms with Crippen LogP contribution in [-0.4, -0.2) is 43.3 Å². The molecule has 1 aromatic heterocycles. The highest BCUT2D eigenvalue weighted by Crippen LogP contribution is 2.31. The van der Waals surface area contributed by atoms with E-state index in [0.29, 0.717) is 16.5 Å². The number of nitrogen functional groups attached to an aromatic ring is 1. The van der Waals surface area contributed by atoms with Gasteiger partial charge in [-0.2, -0.15) is 0 Å². The predicted molar refractivity (Wildman–Crippen MR) is 123 cm³/mol. The van der Waals surface area contributed by atoms with Crippen molar-refractivity contribution in [3.05, 3.63) is 59.4 Å². The van der Waals surface area contributed by atoms with Crippen molar-refractivity contribution in [1.29, 1.82) is 0 Å². The smallest absolute Gasteiger partial charge is 0.159 e. The molecule has 0 atom stereocenters. The lowest BCUT2D eigenvalue weighted by Gasteiger charge is -2.37. The molecule has 0 amide bonds. The van der Waals surface area contributed by atoms with Crippen LogP contribution in [0.15, 0.2) is 48.8 Å². The van der Waals surface area contributed by atoms with Crippen LogP contribution in [0.25, 0.3) is 0 Å². The molecule has 2 heterocycles. The van der Waals surface area contributed by atoms with Crippen molar-refractivity contribution < 1.29 is 4.74 Å². The van der Waals surface area contributed by atoms with Gasteiger partial charge in [-0.25, -0.2) is 9.97 Å². The topological polar surface area (TPSA) is 79.5 Å². The van der Waals surface area contributed by atoms with E-state index in [2.05, 4.69) is 37.2 Å². The van der Waals surface area contributed by atoms with Gasteiger partial charge < -0.3 is 25.6 Å². The second-order valence-electron chi connectivity index (χ2n) is 7.22. The standard InChI is InChI=1S/C22H25ClN6O/c1-15-13-16(23)3-8-19(15)27-21-20(24)22(26-14-25-21)29-11-9-28(10-12-29)17-4-6-18(30-2)7-5-17/h3-8,13-14H,9-12,24H2,1-2H3,(H,25,26,27). The van der Waals surface area contributed by atoms with Crippen LogP contribution in [0.3, 0.4) is 0 Å². The number of hydrogen-bond acceptors (Lipinski definition) is 7. The van der Waals surface area contributed by atoms with Gasteiger partial charge in [0.05, 0.1) is 7.11 Å². The molecule has 0 spiro atoms. The Bertz CT molecular complexity index is 1020. The molecule has 0 bridgehead atoms. The molecule has 0 unspecified atom stereocenters. The van der Waals surface area contributed by atoms with Crippen LogP contribution in [0, 0.1) is 6.92 Å². The zero-order valence-electron chi connectivity index (χ0n) is 17.1. The minimum atomic E-state index is 0.546. The van der Waals surface area contributed by atoms with E-state index in [1.165, 1.54) is 5.69 Å². The van der Waals surface area contributed by atoms with E-state index >= 15 is 0 Å². The Kier molecular flexibility index (Phi) is 5.81. The first kappa shape index (κ1) is 20.1. The molecule has 0 saturated carbocycles. The van der Waals surface area contributed by atoms with E-state index in [1.807, 2.05) is 37.3 Å². The van der Waals surface area contributed by atoms with Crippen molar-refractivity contribution >= 4 is 40.3 Å². The number of halogens is 1. The van der Waals surface area contributed by atoms with Gasteiger partial charge in [0.1, 0.15) is 17.8 Å². The monoisotopic (exact) mass is 424 g/mol. The summed E-state index contributed by atoms with van der Waals surface area (Å²) >= 11 is 6.05. The van der Waals surface area contributed by atoms with Gasteiger partial charge in [-0.05, 0) is 55.0 Å². The number of anilines is 5. The zero-order valence-corrected chi connectivity index (χ0v) is 17.9. The zero-order chi connectivity index (χ0) is 21.1. The average molecular weight is 425 g/mol. The summed E-state index contributed by atoms with van der Waals surface area (Å²) in [7, 11) is 1.68. The van der Waals surface area contributed by atoms with Crippen molar-refractivity contribution in [2.24, 2.45) is 0 Å². The van der Waals surface area contributed by atoms with Crippen LogP contribution in [0.1, 0.15) is 5.56 Å². The maximum Gasteiger partial charge on any atom is 0.159 e. The summed E-state index contributed by atoms with van der Waals surface area (Å²) in [6, 6.07) is 13.8. The van der Waals surface area contributed by atoms with Gasteiger partial charge in [-0.3, -0.25) is 0 Å². The van der Waals surface area contributed by atoms with E-state index in [0.717, 1.165) is 49.0 Å². The molecular formula is C22H25ClN6O. The van der Waals surface area contributed by atoms with Crippen molar-refractivity contribution in [1.82, 2.24) is 9.97 Å². The van der Waals surface area contributed by atoms with E-state index in [-0.39, 0.29) is 0 Å². The first-order valence-corrected chi connectivity index (χ1v) is 10.2. The summed E-state index contributed by atoms with van der Waals surface area (Å²) in [5.41, 5.74) is 10.1. The number of aryl methyl sites for hydroxylation is 1. The summed E-state index contributed by atoms with van der Waals surface area (Å²) in [5, 5.41) is 4.01. The van der Waals surface area contributed by atoms with Crippen molar-refractivity contribution in [3.8, 4) is 5.75 Å². The summed E-state index contributed by atoms with van der Waals surface area (Å²) in [6.07, 6.45) is 1.55. The third kappa shape index (κ3) is 4.21. The van der Waals surface area contributed by atoms with Gasteiger partial charge in [0.25, 0.3) is 0 Å². The van der Waals surface area contributed by atoms with Crippen LogP contribution in [0.2, 0.25) is 5.02 Å². The maximum absolute atomic E-state index is 6.44. The molecule has 0 aliphatic carbocycles. The molecule has 4 rings (SSSR count). The highest BCUT2D eigenvalue weighted by molar-refractivity contribution is 6.30. The predicted octanol–water partition coefficient (Wildman–Crippen LogP) is 4.10. The summed E-state index contributed by atoms with van der Waals surface area (Å²) in [4.78, 5) is 13.4. The lowest BCUT2D eigenvalue weighted by molar-refractivity contribution is 0.415. The van der Waals surface area contributed by atoms with E-state index < -0.39 is 0 Å². The van der Waals surface area contributed by atoms with Crippen LogP contribution in [-0.2, 0) is 0 Å². The number of piperazine rings is 1. The number of nitrogens with two attached hydrogens (primary N) is 1. The van der Waals surface area contributed by atoms with Gasteiger partial charge in [0.2, 0.25) is 0 Å². The second-order valence-corrected chi connectivity index (χ2v) is 7.65. The first-order chi connectivity index (χ1) is 14.5. The van der Waals surface area contributed by atoms with Crippen LogP contribution in [0.5, 0.6) is 5.75 Å². The molecule has 7 nitrogen and oxygen atoms in total. The third-order valence-electron chi connectivity index (χ3n) is 5.32. The maximum atomic E-state index is 6.44. The Labute approximate surface area is 181 Å².